The Bertz CT molecular complexity index is 413. The van der Waals surface area contributed by atoms with E-state index in [1.54, 1.807) is 0 Å². The zero-order chi connectivity index (χ0) is 18.5. The molecule has 0 saturated carbocycles. The number of thioether (sulfide) groups is 1. The van der Waals surface area contributed by atoms with Gasteiger partial charge in [-0.2, -0.15) is 0 Å². The van der Waals surface area contributed by atoms with Gasteiger partial charge in [0.05, 0.1) is 6.10 Å². The number of hydrogen-bond donors (Lipinski definition) is 1. The zero-order valence-corrected chi connectivity index (χ0v) is 17.8. The highest BCUT2D eigenvalue weighted by Gasteiger charge is 2.39. The number of carbonyl (C=O) groups excluding carboxylic acids is 2. The summed E-state index contributed by atoms with van der Waals surface area (Å²) in [5.41, 5.74) is -0.534. The fourth-order valence-corrected chi connectivity index (χ4v) is 3.53. The highest BCUT2D eigenvalue weighted by atomic mass is 32.2. The predicted molar refractivity (Wildman–Crippen MR) is 99.4 cm³/mol. The molecule has 136 valence electrons. The van der Waals surface area contributed by atoms with Crippen molar-refractivity contribution in [3.05, 3.63) is 0 Å². The van der Waals surface area contributed by atoms with Crippen molar-refractivity contribution in [2.45, 2.75) is 78.3 Å². The molecule has 5 nitrogen and oxygen atoms in total. The third-order valence-corrected chi connectivity index (χ3v) is 9.09. The molecule has 0 spiro atoms. The summed E-state index contributed by atoms with van der Waals surface area (Å²) in [5.74, 6) is 0.525. The maximum Gasteiger partial charge on any atom is 0.407 e. The molecule has 0 saturated heterocycles. The second-order valence-corrected chi connectivity index (χ2v) is 14.1. The van der Waals surface area contributed by atoms with Crippen LogP contribution in [0.1, 0.15) is 48.5 Å². The largest absolute Gasteiger partial charge is 0.444 e. The molecule has 0 rings (SSSR count). The average molecular weight is 364 g/mol. The molecule has 1 N–H and O–H groups in total. The third-order valence-electron chi connectivity index (χ3n) is 3.61. The molecule has 0 aromatic carbocycles. The van der Waals surface area contributed by atoms with Crippen LogP contribution in [-0.2, 0) is 14.0 Å². The van der Waals surface area contributed by atoms with E-state index in [0.717, 1.165) is 0 Å². The summed E-state index contributed by atoms with van der Waals surface area (Å²) in [6, 6.07) is 0. The molecule has 1 amide bonds. The minimum absolute atomic E-state index is 0.0473. The van der Waals surface area contributed by atoms with E-state index in [1.807, 2.05) is 20.8 Å². The lowest BCUT2D eigenvalue weighted by Gasteiger charge is -2.39. The van der Waals surface area contributed by atoms with Gasteiger partial charge in [0.1, 0.15) is 5.60 Å². The molecule has 0 fully saturated rings. The summed E-state index contributed by atoms with van der Waals surface area (Å²) >= 11 is 1.22. The van der Waals surface area contributed by atoms with Crippen LogP contribution < -0.4 is 5.32 Å². The quantitative estimate of drug-likeness (QED) is 0.717. The summed E-state index contributed by atoms with van der Waals surface area (Å²) in [6.07, 6.45) is -0.675. The van der Waals surface area contributed by atoms with Crippen molar-refractivity contribution < 1.29 is 18.8 Å². The molecule has 23 heavy (non-hydrogen) atoms. The van der Waals surface area contributed by atoms with E-state index >= 15 is 0 Å². The second kappa shape index (κ2) is 8.53. The molecule has 1 atom stereocenters. The van der Waals surface area contributed by atoms with E-state index in [0.29, 0.717) is 12.3 Å². The van der Waals surface area contributed by atoms with Gasteiger partial charge in [-0.05, 0) is 38.9 Å². The minimum Gasteiger partial charge on any atom is -0.444 e. The van der Waals surface area contributed by atoms with Gasteiger partial charge in [-0.1, -0.05) is 32.5 Å². The maximum absolute atomic E-state index is 11.8. The van der Waals surface area contributed by atoms with E-state index in [1.165, 1.54) is 18.7 Å². The lowest BCUT2D eigenvalue weighted by atomic mass is 10.2. The van der Waals surface area contributed by atoms with E-state index in [4.69, 9.17) is 9.16 Å². The van der Waals surface area contributed by atoms with Gasteiger partial charge >= 0.3 is 6.09 Å². The first-order chi connectivity index (χ1) is 10.1. The van der Waals surface area contributed by atoms with Crippen molar-refractivity contribution in [2.75, 3.05) is 12.3 Å². The Hall–Kier alpha value is -0.533. The minimum atomic E-state index is -1.98. The molecule has 0 aromatic heterocycles. The lowest BCUT2D eigenvalue weighted by molar-refractivity contribution is -0.109. The topological polar surface area (TPSA) is 64.6 Å². The van der Waals surface area contributed by atoms with Crippen molar-refractivity contribution in [1.29, 1.82) is 0 Å². The van der Waals surface area contributed by atoms with E-state index < -0.39 is 20.0 Å². The second-order valence-electron chi connectivity index (χ2n) is 8.19. The van der Waals surface area contributed by atoms with Crippen molar-refractivity contribution in [3.8, 4) is 0 Å². The normalized spacial score (nSPS) is 14.3. The Balaban J connectivity index is 4.76. The van der Waals surface area contributed by atoms with Crippen LogP contribution in [0.25, 0.3) is 0 Å². The first-order valence-electron chi connectivity index (χ1n) is 7.92. The SMILES string of the molecule is CC(=O)SC[C@H](CNC(=O)OC(C)(C)C)O[Si](C)(C)C(C)(C)C. The van der Waals surface area contributed by atoms with Crippen LogP contribution in [0.4, 0.5) is 4.79 Å². The van der Waals surface area contributed by atoms with Crippen LogP contribution in [0, 0.1) is 0 Å². The molecule has 0 aliphatic carbocycles. The average Bonchev–Trinajstić information content (AvgIpc) is 2.28. The first kappa shape index (κ1) is 22.5. The summed E-state index contributed by atoms with van der Waals surface area (Å²) in [7, 11) is -1.98. The van der Waals surface area contributed by atoms with Gasteiger partial charge in [-0.3, -0.25) is 4.79 Å². The van der Waals surface area contributed by atoms with Crippen LogP contribution in [0.15, 0.2) is 0 Å². The first-order valence-corrected chi connectivity index (χ1v) is 11.8. The van der Waals surface area contributed by atoms with Gasteiger partial charge in [0.25, 0.3) is 0 Å². The van der Waals surface area contributed by atoms with E-state index in [9.17, 15) is 9.59 Å². The Morgan fingerprint density at radius 2 is 1.65 bits per heavy atom. The van der Waals surface area contributed by atoms with Crippen LogP contribution in [-0.4, -0.2) is 43.5 Å². The van der Waals surface area contributed by atoms with E-state index in [-0.39, 0.29) is 16.3 Å². The number of nitrogens with one attached hydrogen (secondary N) is 1. The van der Waals surface area contributed by atoms with Crippen molar-refractivity contribution in [2.24, 2.45) is 0 Å². The molecule has 0 radical (unpaired) electrons. The van der Waals surface area contributed by atoms with Gasteiger partial charge in [0.2, 0.25) is 0 Å². The zero-order valence-electron chi connectivity index (χ0n) is 16.0. The standard InChI is InChI=1S/C16H33NO4SSi/c1-12(18)22-11-13(21-23(8,9)16(5,6)7)10-17-14(19)20-15(2,3)4/h13H,10-11H2,1-9H3,(H,17,19)/t13-/m0/s1. The van der Waals surface area contributed by atoms with Crippen molar-refractivity contribution >= 4 is 31.3 Å². The molecule has 0 aliphatic rings. The summed E-state index contributed by atoms with van der Waals surface area (Å²) in [4.78, 5) is 23.1. The molecule has 0 aromatic rings. The lowest BCUT2D eigenvalue weighted by Crippen LogP contribution is -2.48. The molecule has 0 aliphatic heterocycles. The number of rotatable bonds is 6. The number of hydrogen-bond acceptors (Lipinski definition) is 5. The molecular weight excluding hydrogens is 330 g/mol. The fourth-order valence-electron chi connectivity index (χ4n) is 1.45. The third kappa shape index (κ3) is 10.0. The van der Waals surface area contributed by atoms with Crippen molar-refractivity contribution in [1.82, 2.24) is 5.32 Å². The number of carbonyl (C=O) groups is 2. The highest BCUT2D eigenvalue weighted by Crippen LogP contribution is 2.37. The molecule has 0 unspecified atom stereocenters. The van der Waals surface area contributed by atoms with Crippen LogP contribution in [0.2, 0.25) is 18.1 Å². The maximum atomic E-state index is 11.8. The Labute approximate surface area is 146 Å². The van der Waals surface area contributed by atoms with E-state index in [2.05, 4.69) is 39.2 Å². The van der Waals surface area contributed by atoms with Gasteiger partial charge in [0, 0.05) is 19.2 Å². The van der Waals surface area contributed by atoms with Gasteiger partial charge in [-0.25, -0.2) is 4.79 Å². The van der Waals surface area contributed by atoms with Crippen molar-refractivity contribution in [3.63, 3.8) is 0 Å². The molecule has 7 heteroatoms. The number of amides is 1. The fraction of sp³-hybridized carbons (Fsp3) is 0.875. The Morgan fingerprint density at radius 1 is 1.13 bits per heavy atom. The molecule has 0 bridgehead atoms. The van der Waals surface area contributed by atoms with Gasteiger partial charge in [-0.15, -0.1) is 0 Å². The Kier molecular flexibility index (Phi) is 8.33. The number of alkyl carbamates (subject to hydrolysis) is 1. The van der Waals surface area contributed by atoms with Crippen LogP contribution >= 0.6 is 11.8 Å². The van der Waals surface area contributed by atoms with Gasteiger partial charge < -0.3 is 14.5 Å². The monoisotopic (exact) mass is 363 g/mol. The Morgan fingerprint density at radius 3 is 2.04 bits per heavy atom. The molecular formula is C16H33NO4SSi. The summed E-state index contributed by atoms with van der Waals surface area (Å²) in [6.45, 7) is 18.1. The highest BCUT2D eigenvalue weighted by molar-refractivity contribution is 8.13. The number of ether oxygens (including phenoxy) is 1. The summed E-state index contributed by atoms with van der Waals surface area (Å²) < 4.78 is 11.6. The van der Waals surface area contributed by atoms with Crippen LogP contribution in [0.3, 0.4) is 0 Å². The smallest absolute Gasteiger partial charge is 0.407 e. The van der Waals surface area contributed by atoms with Gasteiger partial charge in [0.15, 0.2) is 13.4 Å². The predicted octanol–water partition coefficient (Wildman–Crippen LogP) is 4.18. The van der Waals surface area contributed by atoms with Crippen LogP contribution in [0.5, 0.6) is 0 Å². The molecule has 0 heterocycles. The summed E-state index contributed by atoms with van der Waals surface area (Å²) in [5, 5.41) is 2.86.